The third kappa shape index (κ3) is 4.30. The normalized spacial score (nSPS) is 10.7. The second-order valence-electron chi connectivity index (χ2n) is 5.22. The number of hydrogen-bond donors (Lipinski definition) is 2. The van der Waals surface area contributed by atoms with Gasteiger partial charge in [-0.05, 0) is 40.2 Å². The van der Waals surface area contributed by atoms with Crippen molar-refractivity contribution in [2.75, 3.05) is 0 Å². The molecule has 0 saturated carbocycles. The van der Waals surface area contributed by atoms with E-state index in [-0.39, 0.29) is 15.9 Å². The molecule has 2 N–H and O–H groups in total. The van der Waals surface area contributed by atoms with Gasteiger partial charge in [0.2, 0.25) is 0 Å². The van der Waals surface area contributed by atoms with E-state index >= 15 is 0 Å². The third-order valence-electron chi connectivity index (χ3n) is 3.37. The Kier molecular flexibility index (Phi) is 5.94. The molecule has 8 nitrogen and oxygen atoms in total. The third-order valence-corrected chi connectivity index (χ3v) is 4.97. The second-order valence-corrected chi connectivity index (χ2v) is 7.84. The van der Waals surface area contributed by atoms with Gasteiger partial charge in [0.05, 0.1) is 26.8 Å². The number of nitrogens with one attached hydrogen (secondary N) is 2. The minimum Gasteiger partial charge on any atom is -0.372 e. The van der Waals surface area contributed by atoms with Crippen LogP contribution in [0.1, 0.15) is 0 Å². The molecule has 0 bridgehead atoms. The Labute approximate surface area is 180 Å². The fourth-order valence-electron chi connectivity index (χ4n) is 2.26. The highest BCUT2D eigenvalue weighted by Crippen LogP contribution is 2.24. The average molecular weight is 553 g/mol. The Morgan fingerprint density at radius 2 is 1.29 bits per heavy atom. The van der Waals surface area contributed by atoms with Crippen molar-refractivity contribution in [1.29, 1.82) is 0 Å². The van der Waals surface area contributed by atoms with Crippen LogP contribution in [0.5, 0.6) is 0 Å². The van der Waals surface area contributed by atoms with Gasteiger partial charge in [0.25, 0.3) is 0 Å². The maximum Gasteiger partial charge on any atom is 0.419 e. The maximum absolute atomic E-state index is 11.3. The predicted molar refractivity (Wildman–Crippen MR) is 112 cm³/mol. The SMILES string of the molecule is O=c1[nH]c2c(Br)cc(Br)cc2c(=O)o1.O=c1[nH]c2c(Cl)cc(Cl)cc2c(=O)o1. The van der Waals surface area contributed by atoms with Crippen LogP contribution < -0.4 is 22.8 Å². The van der Waals surface area contributed by atoms with Gasteiger partial charge in [-0.15, -0.1) is 0 Å². The van der Waals surface area contributed by atoms with Gasteiger partial charge in [-0.3, -0.25) is 9.97 Å². The van der Waals surface area contributed by atoms with E-state index in [1.165, 1.54) is 12.1 Å². The highest BCUT2D eigenvalue weighted by molar-refractivity contribution is 9.11. The fraction of sp³-hybridized carbons (Fsp3) is 0. The minimum absolute atomic E-state index is 0.155. The fourth-order valence-corrected chi connectivity index (χ4v) is 4.12. The predicted octanol–water partition coefficient (Wildman–Crippen LogP) is 3.79. The molecule has 0 spiro atoms. The number of halogens is 4. The molecule has 0 fully saturated rings. The topological polar surface area (TPSA) is 126 Å². The molecule has 2 heterocycles. The number of rotatable bonds is 0. The summed E-state index contributed by atoms with van der Waals surface area (Å²) in [6.07, 6.45) is 0. The summed E-state index contributed by atoms with van der Waals surface area (Å²) in [5.74, 6) is -1.60. The molecule has 144 valence electrons. The van der Waals surface area contributed by atoms with Crippen LogP contribution in [-0.2, 0) is 0 Å². The van der Waals surface area contributed by atoms with Crippen molar-refractivity contribution in [3.8, 4) is 0 Å². The molecule has 28 heavy (non-hydrogen) atoms. The van der Waals surface area contributed by atoms with Crippen molar-refractivity contribution in [1.82, 2.24) is 9.97 Å². The second kappa shape index (κ2) is 8.08. The smallest absolute Gasteiger partial charge is 0.372 e. The van der Waals surface area contributed by atoms with Crippen LogP contribution in [0, 0.1) is 0 Å². The first-order chi connectivity index (χ1) is 13.2. The summed E-state index contributed by atoms with van der Waals surface area (Å²) < 4.78 is 10.1. The summed E-state index contributed by atoms with van der Waals surface area (Å²) >= 11 is 17.9. The number of fused-ring (bicyclic) bond motifs is 2. The first-order valence-corrected chi connectivity index (χ1v) is 9.54. The van der Waals surface area contributed by atoms with Crippen LogP contribution in [0.25, 0.3) is 21.8 Å². The lowest BCUT2D eigenvalue weighted by atomic mass is 10.2. The van der Waals surface area contributed by atoms with Gasteiger partial charge in [-0.2, -0.15) is 0 Å². The standard InChI is InChI=1S/C8H3Br2NO3.C8H3Cl2NO3/c2*9-3-1-4-6(5(10)2-3)11-8(13)14-7(4)12/h2*1-2H,(H,11,13). The first kappa shape index (κ1) is 20.6. The molecular formula is C16H6Br2Cl2N2O6. The van der Waals surface area contributed by atoms with E-state index in [0.717, 1.165) is 4.47 Å². The summed E-state index contributed by atoms with van der Waals surface area (Å²) in [6.45, 7) is 0. The molecule has 0 amide bonds. The van der Waals surface area contributed by atoms with Crippen LogP contribution in [-0.4, -0.2) is 9.97 Å². The van der Waals surface area contributed by atoms with Crippen LogP contribution in [0.15, 0.2) is 61.2 Å². The molecule has 0 unspecified atom stereocenters. The lowest BCUT2D eigenvalue weighted by molar-refractivity contribution is 0.459. The zero-order valence-corrected chi connectivity index (χ0v) is 18.0. The van der Waals surface area contributed by atoms with Gasteiger partial charge in [-0.25, -0.2) is 19.2 Å². The molecule has 0 saturated heterocycles. The number of benzene rings is 2. The van der Waals surface area contributed by atoms with Gasteiger partial charge in [0, 0.05) is 14.0 Å². The zero-order valence-electron chi connectivity index (χ0n) is 13.3. The van der Waals surface area contributed by atoms with Gasteiger partial charge in [-0.1, -0.05) is 39.1 Å². The van der Waals surface area contributed by atoms with E-state index in [1.54, 1.807) is 12.1 Å². The molecule has 0 aliphatic heterocycles. The van der Waals surface area contributed by atoms with Gasteiger partial charge >= 0.3 is 22.8 Å². The molecule has 0 atom stereocenters. The molecule has 2 aromatic carbocycles. The Balaban J connectivity index is 0.000000161. The van der Waals surface area contributed by atoms with Crippen molar-refractivity contribution in [2.24, 2.45) is 0 Å². The monoisotopic (exact) mass is 550 g/mol. The molecule has 0 radical (unpaired) electrons. The molecule has 4 aromatic rings. The minimum atomic E-state index is -0.841. The van der Waals surface area contributed by atoms with E-state index in [2.05, 4.69) is 50.7 Å². The van der Waals surface area contributed by atoms with Gasteiger partial charge < -0.3 is 8.83 Å². The maximum atomic E-state index is 11.3. The van der Waals surface area contributed by atoms with E-state index in [0.29, 0.717) is 20.4 Å². The summed E-state index contributed by atoms with van der Waals surface area (Å²) in [4.78, 5) is 48.9. The largest absolute Gasteiger partial charge is 0.419 e. The molecule has 0 aliphatic carbocycles. The number of aromatic amines is 2. The van der Waals surface area contributed by atoms with Crippen LogP contribution in [0.2, 0.25) is 10.0 Å². The van der Waals surface area contributed by atoms with Crippen molar-refractivity contribution in [3.63, 3.8) is 0 Å². The van der Waals surface area contributed by atoms with E-state index in [4.69, 9.17) is 23.2 Å². The van der Waals surface area contributed by atoms with Crippen LogP contribution in [0.3, 0.4) is 0 Å². The average Bonchev–Trinajstić information content (AvgIpc) is 2.58. The van der Waals surface area contributed by atoms with Crippen molar-refractivity contribution < 1.29 is 8.83 Å². The van der Waals surface area contributed by atoms with Gasteiger partial charge in [0.1, 0.15) is 0 Å². The Morgan fingerprint density at radius 1 is 0.750 bits per heavy atom. The molecule has 4 rings (SSSR count). The van der Waals surface area contributed by atoms with E-state index in [9.17, 15) is 19.2 Å². The Bertz CT molecular complexity index is 1340. The van der Waals surface area contributed by atoms with Crippen LogP contribution >= 0.6 is 55.1 Å². The number of H-pyrrole nitrogens is 2. The molecule has 0 aliphatic rings. The highest BCUT2D eigenvalue weighted by atomic mass is 79.9. The summed E-state index contributed by atoms with van der Waals surface area (Å²) in [5, 5.41) is 0.993. The molecule has 2 aromatic heterocycles. The lowest BCUT2D eigenvalue weighted by Gasteiger charge is -1.98. The highest BCUT2D eigenvalue weighted by Gasteiger charge is 2.08. The quantitative estimate of drug-likeness (QED) is 0.342. The Morgan fingerprint density at radius 3 is 1.89 bits per heavy atom. The van der Waals surface area contributed by atoms with Gasteiger partial charge in [0.15, 0.2) is 0 Å². The molecular weight excluding hydrogens is 547 g/mol. The summed E-state index contributed by atoms with van der Waals surface area (Å²) in [5.41, 5.74) is -0.731. The first-order valence-electron chi connectivity index (χ1n) is 7.20. The number of hydrogen-bond acceptors (Lipinski definition) is 6. The van der Waals surface area contributed by atoms with Crippen molar-refractivity contribution in [2.45, 2.75) is 0 Å². The Hall–Kier alpha value is -2.14. The van der Waals surface area contributed by atoms with Crippen molar-refractivity contribution in [3.05, 3.63) is 85.2 Å². The lowest BCUT2D eigenvalue weighted by Crippen LogP contribution is -2.14. The summed E-state index contributed by atoms with van der Waals surface area (Å²) in [6, 6.07) is 6.13. The molecule has 12 heteroatoms. The van der Waals surface area contributed by atoms with Crippen LogP contribution in [0.4, 0.5) is 0 Å². The zero-order chi connectivity index (χ0) is 20.6. The number of aromatic nitrogens is 2. The van der Waals surface area contributed by atoms with E-state index < -0.39 is 22.8 Å². The van der Waals surface area contributed by atoms with E-state index in [1.807, 2.05) is 0 Å². The van der Waals surface area contributed by atoms with Crippen molar-refractivity contribution >= 4 is 76.9 Å². The summed E-state index contributed by atoms with van der Waals surface area (Å²) in [7, 11) is 0.